The molecule has 1 heterocycles. The van der Waals surface area contributed by atoms with Crippen LogP contribution in [0.4, 0.5) is 14.6 Å². The van der Waals surface area contributed by atoms with Gasteiger partial charge in [-0.2, -0.15) is 0 Å². The molecule has 1 rings (SSSR count). The van der Waals surface area contributed by atoms with Crippen LogP contribution in [0.5, 0.6) is 0 Å². The summed E-state index contributed by atoms with van der Waals surface area (Å²) >= 11 is 0. The number of nitrogens with zero attached hydrogens (tertiary/aromatic N) is 1. The van der Waals surface area contributed by atoms with E-state index in [9.17, 15) is 8.78 Å². The quantitative estimate of drug-likeness (QED) is 0.684. The van der Waals surface area contributed by atoms with Crippen molar-refractivity contribution in [1.29, 1.82) is 0 Å². The minimum atomic E-state index is -2.59. The molecule has 3 nitrogen and oxygen atoms in total. The lowest BCUT2D eigenvalue weighted by molar-refractivity contribution is 0.0104. The monoisotopic (exact) mass is 203 g/mol. The molecule has 80 valence electrons. The van der Waals surface area contributed by atoms with E-state index in [4.69, 9.17) is 10.2 Å². The highest BCUT2D eigenvalue weighted by molar-refractivity contribution is 5.28. The van der Waals surface area contributed by atoms with Crippen molar-refractivity contribution in [3.8, 4) is 0 Å². The molecule has 14 heavy (non-hydrogen) atoms. The van der Waals surface area contributed by atoms with Crippen molar-refractivity contribution in [2.24, 2.45) is 0 Å². The van der Waals surface area contributed by atoms with Crippen molar-refractivity contribution in [2.75, 3.05) is 0 Å². The molecule has 0 saturated heterocycles. The predicted octanol–water partition coefficient (Wildman–Crippen LogP) is 3.73. The maximum Gasteiger partial charge on any atom is 0.245 e. The van der Waals surface area contributed by atoms with Gasteiger partial charge in [-0.05, 0) is 25.6 Å². The van der Waals surface area contributed by atoms with Crippen molar-refractivity contribution < 1.29 is 13.2 Å². The Balaban J connectivity index is 2.16. The van der Waals surface area contributed by atoms with Crippen molar-refractivity contribution in [1.82, 2.24) is 4.98 Å². The standard InChI is InChI=1S/C9H13F2N2O/c1-9(10,11)5-3-2-4-8-13-7(12)6-14-8/h6,12H,2-5H2,1H3/q-1. The molecule has 0 saturated carbocycles. The van der Waals surface area contributed by atoms with Gasteiger partial charge in [0.15, 0.2) is 0 Å². The summed E-state index contributed by atoms with van der Waals surface area (Å²) in [4.78, 5) is 3.76. The third-order valence-electron chi connectivity index (χ3n) is 1.81. The van der Waals surface area contributed by atoms with E-state index in [1.54, 1.807) is 0 Å². The fourth-order valence-electron chi connectivity index (χ4n) is 1.14. The molecular formula is C9H13F2N2O-. The van der Waals surface area contributed by atoms with Crippen LogP contribution >= 0.6 is 0 Å². The molecule has 0 aliphatic rings. The maximum atomic E-state index is 12.4. The van der Waals surface area contributed by atoms with Crippen molar-refractivity contribution >= 4 is 5.82 Å². The number of aryl methyl sites for hydroxylation is 1. The third-order valence-corrected chi connectivity index (χ3v) is 1.81. The highest BCUT2D eigenvalue weighted by Gasteiger charge is 2.19. The predicted molar refractivity (Wildman–Crippen MR) is 48.7 cm³/mol. The van der Waals surface area contributed by atoms with Gasteiger partial charge in [-0.1, -0.05) is 0 Å². The molecule has 1 aromatic rings. The van der Waals surface area contributed by atoms with Gasteiger partial charge in [0.2, 0.25) is 5.92 Å². The Labute approximate surface area is 81.3 Å². The van der Waals surface area contributed by atoms with Crippen molar-refractivity contribution in [3.63, 3.8) is 0 Å². The first-order valence-corrected chi connectivity index (χ1v) is 4.51. The molecular weight excluding hydrogens is 190 g/mol. The van der Waals surface area contributed by atoms with E-state index in [0.29, 0.717) is 25.2 Å². The zero-order chi connectivity index (χ0) is 10.6. The zero-order valence-corrected chi connectivity index (χ0v) is 8.02. The minimum absolute atomic E-state index is 0.0841. The first-order chi connectivity index (χ1) is 6.47. The van der Waals surface area contributed by atoms with Gasteiger partial charge in [0.05, 0.1) is 12.2 Å². The third kappa shape index (κ3) is 4.20. The Bertz CT molecular complexity index is 281. The highest BCUT2D eigenvalue weighted by Crippen LogP contribution is 2.20. The Morgan fingerprint density at radius 1 is 1.50 bits per heavy atom. The maximum absolute atomic E-state index is 12.4. The smallest absolute Gasteiger partial charge is 0.245 e. The fourth-order valence-corrected chi connectivity index (χ4v) is 1.14. The first kappa shape index (κ1) is 10.9. The van der Waals surface area contributed by atoms with Crippen LogP contribution in [0.1, 0.15) is 32.1 Å². The number of halogens is 2. The number of oxazole rings is 1. The molecule has 1 aromatic heterocycles. The molecule has 5 heteroatoms. The van der Waals surface area contributed by atoms with E-state index >= 15 is 0 Å². The normalized spacial score (nSPS) is 11.9. The van der Waals surface area contributed by atoms with Gasteiger partial charge < -0.3 is 15.1 Å². The van der Waals surface area contributed by atoms with E-state index in [1.807, 2.05) is 0 Å². The summed E-state index contributed by atoms with van der Waals surface area (Å²) in [5.41, 5.74) is 7.07. The van der Waals surface area contributed by atoms with E-state index in [1.165, 1.54) is 6.26 Å². The minimum Gasteiger partial charge on any atom is -0.479 e. The first-order valence-electron chi connectivity index (χ1n) is 4.51. The molecule has 0 fully saturated rings. The molecule has 0 radical (unpaired) electrons. The van der Waals surface area contributed by atoms with Crippen LogP contribution in [-0.2, 0) is 6.42 Å². The number of unbranched alkanes of at least 4 members (excludes halogenated alkanes) is 1. The number of aromatic nitrogens is 1. The number of alkyl halides is 2. The van der Waals surface area contributed by atoms with Gasteiger partial charge in [-0.15, -0.1) is 0 Å². The van der Waals surface area contributed by atoms with Crippen molar-refractivity contribution in [2.45, 2.75) is 38.5 Å². The Hall–Kier alpha value is -1.13. The fraction of sp³-hybridized carbons (Fsp3) is 0.667. The lowest BCUT2D eigenvalue weighted by Gasteiger charge is -2.08. The summed E-state index contributed by atoms with van der Waals surface area (Å²) in [5, 5.41) is 0. The lowest BCUT2D eigenvalue weighted by Crippen LogP contribution is -2.08. The summed E-state index contributed by atoms with van der Waals surface area (Å²) in [6.45, 7) is 0.917. The van der Waals surface area contributed by atoms with Crippen LogP contribution in [-0.4, -0.2) is 10.9 Å². The van der Waals surface area contributed by atoms with Gasteiger partial charge in [0, 0.05) is 12.8 Å². The summed E-state index contributed by atoms with van der Waals surface area (Å²) in [6, 6.07) is 0. The average Bonchev–Trinajstić information content (AvgIpc) is 2.44. The van der Waals surface area contributed by atoms with Crippen LogP contribution < -0.4 is 0 Å². The van der Waals surface area contributed by atoms with Gasteiger partial charge in [0.25, 0.3) is 0 Å². The second kappa shape index (κ2) is 4.39. The van der Waals surface area contributed by atoms with Gasteiger partial charge in [0.1, 0.15) is 0 Å². The van der Waals surface area contributed by atoms with Crippen LogP contribution in [0.2, 0.25) is 0 Å². The van der Waals surface area contributed by atoms with Gasteiger partial charge in [-0.25, -0.2) is 8.78 Å². The topological polar surface area (TPSA) is 49.8 Å². The van der Waals surface area contributed by atoms with Crippen LogP contribution in [0.25, 0.3) is 5.73 Å². The molecule has 0 aromatic carbocycles. The zero-order valence-electron chi connectivity index (χ0n) is 8.02. The molecule has 0 aliphatic carbocycles. The van der Waals surface area contributed by atoms with Crippen molar-refractivity contribution in [3.05, 3.63) is 17.9 Å². The SMILES string of the molecule is CC(F)(F)CCCCc1nc([NH-])co1. The summed E-state index contributed by atoms with van der Waals surface area (Å²) < 4.78 is 29.7. The summed E-state index contributed by atoms with van der Waals surface area (Å²) in [5.74, 6) is -2.05. The second-order valence-corrected chi connectivity index (χ2v) is 3.40. The number of hydrogen-bond donors (Lipinski definition) is 0. The van der Waals surface area contributed by atoms with E-state index in [2.05, 4.69) is 4.98 Å². The molecule has 0 amide bonds. The van der Waals surface area contributed by atoms with Crippen LogP contribution in [0, 0.1) is 0 Å². The van der Waals surface area contributed by atoms with Gasteiger partial charge >= 0.3 is 0 Å². The Kier molecular flexibility index (Phi) is 3.43. The molecule has 1 N–H and O–H groups in total. The Morgan fingerprint density at radius 3 is 2.71 bits per heavy atom. The van der Waals surface area contributed by atoms with E-state index in [-0.39, 0.29) is 12.2 Å². The molecule has 0 spiro atoms. The molecule has 0 unspecified atom stereocenters. The van der Waals surface area contributed by atoms with E-state index in [0.717, 1.165) is 6.92 Å². The number of rotatable bonds is 5. The lowest BCUT2D eigenvalue weighted by atomic mass is 10.1. The summed E-state index contributed by atoms with van der Waals surface area (Å²) in [7, 11) is 0. The highest BCUT2D eigenvalue weighted by atomic mass is 19.3. The summed E-state index contributed by atoms with van der Waals surface area (Å²) in [6.07, 6.45) is 2.71. The molecule has 0 aliphatic heterocycles. The Morgan fingerprint density at radius 2 is 2.21 bits per heavy atom. The van der Waals surface area contributed by atoms with Crippen LogP contribution in [0.15, 0.2) is 10.7 Å². The van der Waals surface area contributed by atoms with E-state index < -0.39 is 5.92 Å². The number of hydrogen-bond acceptors (Lipinski definition) is 2. The van der Waals surface area contributed by atoms with Crippen LogP contribution in [0.3, 0.4) is 0 Å². The molecule has 0 bridgehead atoms. The molecule has 0 atom stereocenters. The largest absolute Gasteiger partial charge is 0.479 e. The second-order valence-electron chi connectivity index (χ2n) is 3.40. The number of nitrogens with one attached hydrogen (secondary N) is 1. The van der Waals surface area contributed by atoms with Gasteiger partial charge in [-0.3, -0.25) is 0 Å². The average molecular weight is 203 g/mol.